The molecule has 0 aromatic carbocycles. The van der Waals surface area contributed by atoms with Crippen molar-refractivity contribution in [2.75, 3.05) is 19.6 Å². The lowest BCUT2D eigenvalue weighted by Gasteiger charge is -2.14. The van der Waals surface area contributed by atoms with E-state index < -0.39 is 0 Å². The lowest BCUT2D eigenvalue weighted by atomic mass is 10.2. The average molecular weight is 260 g/mol. The maximum Gasteiger partial charge on any atom is 0.255 e. The molecule has 0 radical (unpaired) electrons. The van der Waals surface area contributed by atoms with Gasteiger partial charge < -0.3 is 10.1 Å². The van der Waals surface area contributed by atoms with Gasteiger partial charge in [-0.15, -0.1) is 11.6 Å². The van der Waals surface area contributed by atoms with Crippen molar-refractivity contribution in [3.8, 4) is 0 Å². The number of aryl methyl sites for hydroxylation is 2. The van der Waals surface area contributed by atoms with E-state index >= 15 is 0 Å². The number of nitrogens with one attached hydrogen (secondary N) is 1. The van der Waals surface area contributed by atoms with Crippen molar-refractivity contribution in [3.05, 3.63) is 17.5 Å². The van der Waals surface area contributed by atoms with E-state index in [1.165, 1.54) is 0 Å². The van der Waals surface area contributed by atoms with Crippen LogP contribution in [-0.4, -0.2) is 41.3 Å². The number of ether oxygens (including phenoxy) is 1. The zero-order valence-corrected chi connectivity index (χ0v) is 11.1. The normalized spacial score (nSPS) is 12.5. The summed E-state index contributed by atoms with van der Waals surface area (Å²) in [6, 6.07) is -0.181. The third-order valence-electron chi connectivity index (χ3n) is 2.37. The molecule has 0 saturated carbocycles. The Kier molecular flexibility index (Phi) is 5.44. The molecule has 1 rings (SSSR count). The molecule has 1 heterocycles. The molecule has 0 fully saturated rings. The van der Waals surface area contributed by atoms with Crippen molar-refractivity contribution in [1.82, 2.24) is 15.1 Å². The molecule has 0 spiro atoms. The highest BCUT2D eigenvalue weighted by Crippen LogP contribution is 2.07. The Bertz CT molecular complexity index is 379. The molecule has 1 N–H and O–H groups in total. The Morgan fingerprint density at radius 3 is 2.94 bits per heavy atom. The van der Waals surface area contributed by atoms with Gasteiger partial charge in [-0.25, -0.2) is 0 Å². The molecule has 96 valence electrons. The highest BCUT2D eigenvalue weighted by atomic mass is 35.5. The first kappa shape index (κ1) is 14.0. The predicted octanol–water partition coefficient (Wildman–Crippen LogP) is 0.966. The number of halogens is 1. The Balaban J connectivity index is 2.74. The van der Waals surface area contributed by atoms with Crippen LogP contribution in [0.15, 0.2) is 6.20 Å². The number of carbonyl (C=O) groups is 1. The largest absolute Gasteiger partial charge is 0.383 e. The van der Waals surface area contributed by atoms with E-state index in [1.54, 1.807) is 25.0 Å². The molecule has 1 aromatic heterocycles. The summed E-state index contributed by atoms with van der Waals surface area (Å²) in [7, 11) is 3.37. The van der Waals surface area contributed by atoms with Gasteiger partial charge in [-0.1, -0.05) is 6.92 Å². The van der Waals surface area contributed by atoms with Crippen LogP contribution in [0.2, 0.25) is 0 Å². The third kappa shape index (κ3) is 3.71. The van der Waals surface area contributed by atoms with Crippen molar-refractivity contribution in [2.24, 2.45) is 7.05 Å². The summed E-state index contributed by atoms with van der Waals surface area (Å²) in [6.45, 7) is 2.37. The van der Waals surface area contributed by atoms with Crippen molar-refractivity contribution in [3.63, 3.8) is 0 Å². The van der Waals surface area contributed by atoms with Crippen LogP contribution in [0.25, 0.3) is 0 Å². The van der Waals surface area contributed by atoms with Crippen LogP contribution in [-0.2, 0) is 18.2 Å². The summed E-state index contributed by atoms with van der Waals surface area (Å²) in [4.78, 5) is 12.0. The fourth-order valence-electron chi connectivity index (χ4n) is 1.57. The van der Waals surface area contributed by atoms with Gasteiger partial charge in [0.25, 0.3) is 5.91 Å². The molecule has 6 heteroatoms. The first-order chi connectivity index (χ1) is 8.12. The maximum absolute atomic E-state index is 12.0. The summed E-state index contributed by atoms with van der Waals surface area (Å²) in [5, 5.41) is 7.04. The van der Waals surface area contributed by atoms with Crippen molar-refractivity contribution in [2.45, 2.75) is 19.4 Å². The zero-order valence-electron chi connectivity index (χ0n) is 10.4. The zero-order chi connectivity index (χ0) is 12.8. The number of rotatable bonds is 6. The van der Waals surface area contributed by atoms with Gasteiger partial charge >= 0.3 is 0 Å². The number of methoxy groups -OCH3 is 1. The van der Waals surface area contributed by atoms with Crippen molar-refractivity contribution >= 4 is 17.5 Å². The number of hydrogen-bond acceptors (Lipinski definition) is 3. The van der Waals surface area contributed by atoms with Crippen molar-refractivity contribution < 1.29 is 9.53 Å². The summed E-state index contributed by atoms with van der Waals surface area (Å²) in [6.07, 6.45) is 2.44. The van der Waals surface area contributed by atoms with Gasteiger partial charge in [-0.2, -0.15) is 5.10 Å². The number of carbonyl (C=O) groups excluding carboxylic acids is 1. The van der Waals surface area contributed by atoms with E-state index in [0.29, 0.717) is 18.1 Å². The van der Waals surface area contributed by atoms with Crippen LogP contribution >= 0.6 is 11.6 Å². The van der Waals surface area contributed by atoms with E-state index in [9.17, 15) is 4.79 Å². The molecule has 0 saturated heterocycles. The standard InChI is InChI=1S/C11H18ClN3O2/c1-4-10-9(6-15(2)14-10)11(16)13-8(5-12)7-17-3/h6,8H,4-5,7H2,1-3H3,(H,13,16). The van der Waals surface area contributed by atoms with E-state index in [0.717, 1.165) is 12.1 Å². The Labute approximate surface area is 106 Å². The van der Waals surface area contributed by atoms with Crippen LogP contribution in [0.3, 0.4) is 0 Å². The molecule has 0 aliphatic carbocycles. The highest BCUT2D eigenvalue weighted by molar-refractivity contribution is 6.18. The Hall–Kier alpha value is -1.07. The van der Waals surface area contributed by atoms with Gasteiger partial charge in [0, 0.05) is 26.2 Å². The second kappa shape index (κ2) is 6.61. The topological polar surface area (TPSA) is 56.2 Å². The molecule has 0 aliphatic rings. The molecule has 0 aliphatic heterocycles. The van der Waals surface area contributed by atoms with Crippen LogP contribution < -0.4 is 5.32 Å². The van der Waals surface area contributed by atoms with Crippen LogP contribution in [0, 0.1) is 0 Å². The van der Waals surface area contributed by atoms with Gasteiger partial charge in [0.15, 0.2) is 0 Å². The molecule has 1 unspecified atom stereocenters. The van der Waals surface area contributed by atoms with Gasteiger partial charge in [-0.05, 0) is 6.42 Å². The Morgan fingerprint density at radius 2 is 2.41 bits per heavy atom. The van der Waals surface area contributed by atoms with Gasteiger partial charge in [0.2, 0.25) is 0 Å². The van der Waals surface area contributed by atoms with Gasteiger partial charge in [-0.3, -0.25) is 9.48 Å². The minimum absolute atomic E-state index is 0.155. The quantitative estimate of drug-likeness (QED) is 0.775. The summed E-state index contributed by atoms with van der Waals surface area (Å²) in [5.74, 6) is 0.166. The minimum Gasteiger partial charge on any atom is -0.383 e. The average Bonchev–Trinajstić information content (AvgIpc) is 2.69. The van der Waals surface area contributed by atoms with Crippen molar-refractivity contribution in [1.29, 1.82) is 0 Å². The molecule has 1 atom stereocenters. The fraction of sp³-hybridized carbons (Fsp3) is 0.636. The molecule has 17 heavy (non-hydrogen) atoms. The maximum atomic E-state index is 12.0. The number of nitrogens with zero attached hydrogens (tertiary/aromatic N) is 2. The number of hydrogen-bond donors (Lipinski definition) is 1. The van der Waals surface area contributed by atoms with Crippen LogP contribution in [0.1, 0.15) is 23.0 Å². The number of alkyl halides is 1. The lowest BCUT2D eigenvalue weighted by molar-refractivity contribution is 0.0906. The second-order valence-corrected chi connectivity index (χ2v) is 4.11. The minimum atomic E-state index is -0.181. The fourth-order valence-corrected chi connectivity index (χ4v) is 1.74. The number of amides is 1. The van der Waals surface area contributed by atoms with Crippen LogP contribution in [0.5, 0.6) is 0 Å². The summed E-state index contributed by atoms with van der Waals surface area (Å²) < 4.78 is 6.61. The predicted molar refractivity (Wildman–Crippen MR) is 66.4 cm³/mol. The monoisotopic (exact) mass is 259 g/mol. The van der Waals surface area contributed by atoms with E-state index in [-0.39, 0.29) is 11.9 Å². The molecular weight excluding hydrogens is 242 g/mol. The molecule has 5 nitrogen and oxygen atoms in total. The molecular formula is C11H18ClN3O2. The first-order valence-corrected chi connectivity index (χ1v) is 6.04. The van der Waals surface area contributed by atoms with Crippen LogP contribution in [0.4, 0.5) is 0 Å². The molecule has 1 aromatic rings. The van der Waals surface area contributed by atoms with E-state index in [2.05, 4.69) is 10.4 Å². The molecule has 1 amide bonds. The third-order valence-corrected chi connectivity index (χ3v) is 2.75. The molecule has 0 bridgehead atoms. The van der Waals surface area contributed by atoms with Gasteiger partial charge in [0.05, 0.1) is 23.9 Å². The number of aromatic nitrogens is 2. The summed E-state index contributed by atoms with van der Waals surface area (Å²) in [5.41, 5.74) is 1.39. The first-order valence-electron chi connectivity index (χ1n) is 5.50. The van der Waals surface area contributed by atoms with E-state index in [1.807, 2.05) is 6.92 Å². The van der Waals surface area contributed by atoms with E-state index in [4.69, 9.17) is 16.3 Å². The smallest absolute Gasteiger partial charge is 0.255 e. The SMILES string of the molecule is CCc1nn(C)cc1C(=O)NC(CCl)COC. The van der Waals surface area contributed by atoms with Gasteiger partial charge in [0.1, 0.15) is 0 Å². The summed E-state index contributed by atoms with van der Waals surface area (Å²) >= 11 is 5.74. The highest BCUT2D eigenvalue weighted by Gasteiger charge is 2.17. The second-order valence-electron chi connectivity index (χ2n) is 3.80. The lowest BCUT2D eigenvalue weighted by Crippen LogP contribution is -2.39. The Morgan fingerprint density at radius 1 is 1.71 bits per heavy atom.